The summed E-state index contributed by atoms with van der Waals surface area (Å²) < 4.78 is 0. The Kier molecular flexibility index (Phi) is 27.2. The van der Waals surface area contributed by atoms with E-state index in [1.165, 1.54) is 175 Å². The number of hydrogen-bond donors (Lipinski definition) is 0. The minimum Gasteiger partial charge on any atom is -0.141 e. The van der Waals surface area contributed by atoms with Gasteiger partial charge in [0.2, 0.25) is 0 Å². The Bertz CT molecular complexity index is 5120. The summed E-state index contributed by atoms with van der Waals surface area (Å²) in [5.74, 6) is 0. The van der Waals surface area contributed by atoms with Crippen molar-refractivity contribution in [1.82, 2.24) is 0 Å². The molecule has 1 aromatic heterocycles. The average molecular weight is 1400 g/mol. The van der Waals surface area contributed by atoms with Crippen LogP contribution in [0.15, 0.2) is 255 Å². The highest BCUT2D eigenvalue weighted by molar-refractivity contribution is 7.15. The van der Waals surface area contributed by atoms with E-state index in [-0.39, 0.29) is 21.7 Å². The van der Waals surface area contributed by atoms with Crippen molar-refractivity contribution in [3.05, 3.63) is 354 Å². The minimum absolute atomic E-state index is 0.208. The van der Waals surface area contributed by atoms with Crippen LogP contribution in [-0.4, -0.2) is 0 Å². The second kappa shape index (κ2) is 35.1. The maximum Gasteiger partial charge on any atom is 0.0345 e. The second-order valence-electron chi connectivity index (χ2n) is 33.7. The quantitative estimate of drug-likeness (QED) is 0.165. The topological polar surface area (TPSA) is 0 Å². The molecule has 1 heterocycles. The Morgan fingerprint density at radius 2 is 0.629 bits per heavy atom. The normalized spacial score (nSPS) is 11.3. The van der Waals surface area contributed by atoms with Crippen molar-refractivity contribution in [3.8, 4) is 32.7 Å². The van der Waals surface area contributed by atoms with E-state index in [1.54, 1.807) is 0 Å². The summed E-state index contributed by atoms with van der Waals surface area (Å²) >= 11 is 1.85. The molecule has 14 rings (SSSR count). The van der Waals surface area contributed by atoms with Gasteiger partial charge in [-0.1, -0.05) is 365 Å². The van der Waals surface area contributed by atoms with Gasteiger partial charge in [-0.05, 0) is 257 Å². The van der Waals surface area contributed by atoms with E-state index < -0.39 is 0 Å². The standard InChI is InChI=1S/2C19H24.2C15H18.C12H12S.2C12H12/c1-13-8-7-9-16(10-13)18-14(2)11-17(12-15(18)3)19(4,5)6;1-13-9-7-8-10-17(13)18-14(2)11-16(12-15(18)3)19(4,5)6;1-11-9-12-7-5-6-8-13(12)10-14(11)15(2,3)4;1-11-9-12-7-5-6-8-13(12)14(10-11)15(2,3)4;1-9-3-6-11(7-4-9)12-8-5-10(2)13-12;1-9-3-5-12-8-10(2)4-6-11(12)7-9;1-9-3-5-11-6-4-10(2)8-12(11)7-9/h2*7-12H,1-6H3;2*5-10H,1-4H3;3-8H,1-2H3;2*3-8H,1-2H3. The predicted molar refractivity (Wildman–Crippen MR) is 470 cm³/mol. The lowest BCUT2D eigenvalue weighted by Crippen LogP contribution is -2.12. The Labute approximate surface area is 638 Å². The first kappa shape index (κ1) is 81.3. The highest BCUT2D eigenvalue weighted by atomic mass is 32.1. The van der Waals surface area contributed by atoms with Gasteiger partial charge in [-0.3, -0.25) is 0 Å². The zero-order valence-corrected chi connectivity index (χ0v) is 69.5. The number of hydrogen-bond acceptors (Lipinski definition) is 1. The highest BCUT2D eigenvalue weighted by Gasteiger charge is 2.21. The fourth-order valence-electron chi connectivity index (χ4n) is 13.8. The van der Waals surface area contributed by atoms with Crippen LogP contribution in [0.2, 0.25) is 0 Å². The van der Waals surface area contributed by atoms with Crippen LogP contribution >= 0.6 is 11.3 Å². The molecule has 0 fully saturated rings. The third-order valence-corrected chi connectivity index (χ3v) is 20.7. The van der Waals surface area contributed by atoms with Gasteiger partial charge in [0.15, 0.2) is 0 Å². The molecule has 542 valence electrons. The molecule has 0 atom stereocenters. The second-order valence-corrected chi connectivity index (χ2v) is 35.0. The van der Waals surface area contributed by atoms with Crippen molar-refractivity contribution in [2.24, 2.45) is 0 Å². The minimum atomic E-state index is 0.208. The molecule has 0 unspecified atom stereocenters. The fourth-order valence-corrected chi connectivity index (χ4v) is 14.7. The van der Waals surface area contributed by atoms with E-state index in [1.807, 2.05) is 11.3 Å². The lowest BCUT2D eigenvalue weighted by Gasteiger charge is -2.23. The van der Waals surface area contributed by atoms with Crippen LogP contribution in [0.1, 0.15) is 183 Å². The zero-order valence-electron chi connectivity index (χ0n) is 68.7. The van der Waals surface area contributed by atoms with Gasteiger partial charge >= 0.3 is 0 Å². The van der Waals surface area contributed by atoms with Crippen LogP contribution in [0.5, 0.6) is 0 Å². The van der Waals surface area contributed by atoms with E-state index in [2.05, 4.69) is 435 Å². The molecule has 105 heavy (non-hydrogen) atoms. The predicted octanol–water partition coefficient (Wildman–Crippen LogP) is 31.0. The van der Waals surface area contributed by atoms with E-state index in [9.17, 15) is 0 Å². The molecule has 0 saturated carbocycles. The molecule has 13 aromatic carbocycles. The van der Waals surface area contributed by atoms with Crippen molar-refractivity contribution < 1.29 is 0 Å². The van der Waals surface area contributed by atoms with Crippen LogP contribution < -0.4 is 0 Å². The molecule has 0 aliphatic heterocycles. The molecule has 0 amide bonds. The highest BCUT2D eigenvalue weighted by Crippen LogP contribution is 2.37. The molecule has 0 N–H and O–H groups in total. The van der Waals surface area contributed by atoms with Gasteiger partial charge in [-0.15, -0.1) is 11.3 Å². The summed E-state index contributed by atoms with van der Waals surface area (Å²) in [5, 5.41) is 10.7. The molecular weight excluding hydrogens is 1280 g/mol. The third kappa shape index (κ3) is 22.8. The van der Waals surface area contributed by atoms with Crippen LogP contribution in [0.25, 0.3) is 75.8 Å². The summed E-state index contributed by atoms with van der Waals surface area (Å²) in [5.41, 5.74) is 30.9. The summed E-state index contributed by atoms with van der Waals surface area (Å²) in [6.07, 6.45) is 0. The van der Waals surface area contributed by atoms with Crippen molar-refractivity contribution >= 4 is 54.4 Å². The summed E-state index contributed by atoms with van der Waals surface area (Å²) in [6.45, 7) is 57.6. The smallest absolute Gasteiger partial charge is 0.0345 e. The molecule has 0 spiro atoms. The largest absolute Gasteiger partial charge is 0.141 e. The summed E-state index contributed by atoms with van der Waals surface area (Å²) in [4.78, 5) is 2.73. The Hall–Kier alpha value is -9.40. The van der Waals surface area contributed by atoms with Crippen LogP contribution in [-0.2, 0) is 21.7 Å². The van der Waals surface area contributed by atoms with Crippen molar-refractivity contribution in [1.29, 1.82) is 0 Å². The summed E-state index contributed by atoms with van der Waals surface area (Å²) in [6, 6.07) is 92.3. The lowest BCUT2D eigenvalue weighted by molar-refractivity contribution is 0.587. The zero-order chi connectivity index (χ0) is 76.9. The van der Waals surface area contributed by atoms with Gasteiger partial charge in [0.25, 0.3) is 0 Å². The number of benzene rings is 13. The molecule has 14 aromatic rings. The Morgan fingerprint density at radius 1 is 0.219 bits per heavy atom. The average Bonchev–Trinajstić information content (AvgIpc) is 1.16. The monoisotopic (exact) mass is 1400 g/mol. The van der Waals surface area contributed by atoms with E-state index >= 15 is 0 Å². The SMILES string of the molecule is Cc1cc(C(C)(C)C)c2ccccc2c1.Cc1cc2ccccc2cc1C(C)(C)C.Cc1ccc(-c2ccc(C)s2)cc1.Cc1ccc2cc(C)ccc2c1.Cc1ccc2ccc(C)cc2c1.Cc1cccc(-c2c(C)cc(C(C)(C)C)cc2C)c1.Cc1ccccc1-c1c(C)cc(C(C)(C)C)cc1C. The maximum atomic E-state index is 2.34. The molecule has 0 saturated heterocycles. The van der Waals surface area contributed by atoms with Crippen LogP contribution in [0.3, 0.4) is 0 Å². The van der Waals surface area contributed by atoms with Gasteiger partial charge in [-0.2, -0.15) is 0 Å². The number of aryl methyl sites for hydroxylation is 14. The van der Waals surface area contributed by atoms with Gasteiger partial charge < -0.3 is 0 Å². The van der Waals surface area contributed by atoms with E-state index in [4.69, 9.17) is 0 Å². The van der Waals surface area contributed by atoms with Crippen molar-refractivity contribution in [2.45, 2.75) is 202 Å². The van der Waals surface area contributed by atoms with Gasteiger partial charge in [-0.25, -0.2) is 0 Å². The molecule has 0 aliphatic carbocycles. The number of rotatable bonds is 3. The first-order chi connectivity index (χ1) is 49.3. The summed E-state index contributed by atoms with van der Waals surface area (Å²) in [7, 11) is 0. The van der Waals surface area contributed by atoms with Gasteiger partial charge in [0.1, 0.15) is 0 Å². The molecule has 1 heteroatoms. The van der Waals surface area contributed by atoms with Crippen LogP contribution in [0, 0.1) is 96.9 Å². The van der Waals surface area contributed by atoms with E-state index in [0.717, 1.165) is 0 Å². The van der Waals surface area contributed by atoms with Gasteiger partial charge in [0, 0.05) is 9.75 Å². The van der Waals surface area contributed by atoms with Crippen molar-refractivity contribution in [3.63, 3.8) is 0 Å². The van der Waals surface area contributed by atoms with E-state index in [0.29, 0.717) is 0 Å². The molecule has 0 aliphatic rings. The molecular formula is C104H120S. The molecule has 0 radical (unpaired) electrons. The van der Waals surface area contributed by atoms with Gasteiger partial charge in [0.05, 0.1) is 0 Å². The fraction of sp³-hybridized carbons (Fsp3) is 0.288. The Morgan fingerprint density at radius 3 is 1.10 bits per heavy atom. The van der Waals surface area contributed by atoms with Crippen LogP contribution in [0.4, 0.5) is 0 Å². The first-order valence-electron chi connectivity index (χ1n) is 37.8. The third-order valence-electron chi connectivity index (χ3n) is 19.6. The number of thiophene rings is 1. The maximum absolute atomic E-state index is 2.34. The Balaban J connectivity index is 0.000000156. The number of fused-ring (bicyclic) bond motifs is 4. The molecule has 0 bridgehead atoms. The molecule has 0 nitrogen and oxygen atoms in total. The lowest BCUT2D eigenvalue weighted by atomic mass is 9.82. The van der Waals surface area contributed by atoms with Crippen molar-refractivity contribution in [2.75, 3.05) is 0 Å². The first-order valence-corrected chi connectivity index (χ1v) is 38.6.